The maximum Gasteiger partial charge on any atom is 0.338 e. The Morgan fingerprint density at radius 1 is 0.544 bits per heavy atom. The van der Waals surface area contributed by atoms with E-state index in [1.54, 1.807) is 140 Å². The number of benzene rings is 6. The van der Waals surface area contributed by atoms with Crippen molar-refractivity contribution in [2.24, 2.45) is 0 Å². The number of para-hydroxylation sites is 1. The molecule has 0 spiro atoms. The SMILES string of the molecule is CC(=O)OC1CCN(c2ccc(Cc3ccccc3O[C@@H]3O[C@H]([C@@H](C)OC(=O)c4ccccc4)[C@@H](OC(=O)c4ccccc4)[C@H](OC(=O)c4ccccc4)[C@H]3OC(=O)c3ccccc3)cc2)CC1. The molecule has 6 aromatic rings. The molecule has 0 aliphatic carbocycles. The van der Waals surface area contributed by atoms with E-state index in [-0.39, 0.29) is 34.3 Å². The van der Waals surface area contributed by atoms with Gasteiger partial charge < -0.3 is 38.1 Å². The van der Waals surface area contributed by atoms with E-state index in [0.29, 0.717) is 12.2 Å². The lowest BCUT2D eigenvalue weighted by atomic mass is 9.94. The first-order valence-electron chi connectivity index (χ1n) is 22.5. The summed E-state index contributed by atoms with van der Waals surface area (Å²) in [6, 6.07) is 48.5. The molecule has 2 aliphatic rings. The van der Waals surface area contributed by atoms with Crippen LogP contribution in [0.25, 0.3) is 0 Å². The fourth-order valence-corrected chi connectivity index (χ4v) is 8.28. The minimum atomic E-state index is -1.59. The molecule has 348 valence electrons. The summed E-state index contributed by atoms with van der Waals surface area (Å²) in [7, 11) is 0. The Bertz CT molecular complexity index is 2640. The first kappa shape index (κ1) is 46.7. The van der Waals surface area contributed by atoms with Crippen LogP contribution in [0.3, 0.4) is 0 Å². The standard InChI is InChI=1S/C55H51NO12/c1-36(62-51(58)39-17-7-3-8-18-39)47-48(65-52(59)40-19-9-4-10-20-40)49(66-53(60)41-21-11-5-12-22-41)50(67-54(61)42-23-13-6-14-24-42)55(68-47)64-46-26-16-15-25-43(46)35-38-27-29-44(30-28-38)56-33-31-45(32-34-56)63-37(2)57/h3-30,36,45,47-50,55H,31-35H2,1-2H3/t36-,47-,48-,49+,50-,55-/m1/s1. The van der Waals surface area contributed by atoms with E-state index in [2.05, 4.69) is 17.0 Å². The van der Waals surface area contributed by atoms with Gasteiger partial charge in [-0.2, -0.15) is 0 Å². The summed E-state index contributed by atoms with van der Waals surface area (Å²) >= 11 is 0. The highest BCUT2D eigenvalue weighted by atomic mass is 16.7. The van der Waals surface area contributed by atoms with Gasteiger partial charge in [-0.05, 0) is 84.8 Å². The number of carbonyl (C=O) groups excluding carboxylic acids is 5. The maximum absolute atomic E-state index is 14.2. The third-order valence-corrected chi connectivity index (χ3v) is 11.7. The van der Waals surface area contributed by atoms with Crippen molar-refractivity contribution in [3.8, 4) is 5.75 Å². The number of hydrogen-bond donors (Lipinski definition) is 0. The Morgan fingerprint density at radius 3 is 1.51 bits per heavy atom. The molecule has 2 aliphatic heterocycles. The van der Waals surface area contributed by atoms with E-state index in [9.17, 15) is 24.0 Å². The van der Waals surface area contributed by atoms with Crippen LogP contribution in [0.15, 0.2) is 170 Å². The van der Waals surface area contributed by atoms with Gasteiger partial charge in [0.25, 0.3) is 0 Å². The van der Waals surface area contributed by atoms with Crippen LogP contribution < -0.4 is 9.64 Å². The molecule has 2 heterocycles. The molecule has 68 heavy (non-hydrogen) atoms. The number of hydrogen-bond acceptors (Lipinski definition) is 13. The van der Waals surface area contributed by atoms with Gasteiger partial charge in [0.05, 0.1) is 22.3 Å². The summed E-state index contributed by atoms with van der Waals surface area (Å²) in [6.07, 6.45) is -6.95. The quantitative estimate of drug-likeness (QED) is 0.0713. The first-order valence-corrected chi connectivity index (χ1v) is 22.5. The normalized spacial score (nSPS) is 19.7. The molecule has 6 atom stereocenters. The van der Waals surface area contributed by atoms with Crippen LogP contribution >= 0.6 is 0 Å². The third kappa shape index (κ3) is 11.8. The number of carbonyl (C=O) groups is 5. The van der Waals surface area contributed by atoms with Crippen molar-refractivity contribution in [1.29, 1.82) is 0 Å². The van der Waals surface area contributed by atoms with Crippen LogP contribution in [0.5, 0.6) is 5.75 Å². The monoisotopic (exact) mass is 917 g/mol. The molecule has 13 heteroatoms. The molecule has 6 aromatic carbocycles. The molecule has 0 saturated carbocycles. The van der Waals surface area contributed by atoms with Crippen molar-refractivity contribution in [3.63, 3.8) is 0 Å². The van der Waals surface area contributed by atoms with Gasteiger partial charge in [-0.3, -0.25) is 4.79 Å². The van der Waals surface area contributed by atoms with Gasteiger partial charge in [-0.1, -0.05) is 103 Å². The summed E-state index contributed by atoms with van der Waals surface area (Å²) < 4.78 is 43.8. The average molecular weight is 918 g/mol. The lowest BCUT2D eigenvalue weighted by molar-refractivity contribution is -0.284. The second-order valence-corrected chi connectivity index (χ2v) is 16.5. The second kappa shape index (κ2) is 22.1. The Morgan fingerprint density at radius 2 is 1.00 bits per heavy atom. The summed E-state index contributed by atoms with van der Waals surface area (Å²) in [5, 5.41) is 0. The molecule has 0 aromatic heterocycles. The van der Waals surface area contributed by atoms with Crippen LogP contribution in [0.1, 0.15) is 79.2 Å². The van der Waals surface area contributed by atoms with Gasteiger partial charge >= 0.3 is 29.8 Å². The zero-order valence-electron chi connectivity index (χ0n) is 37.6. The predicted molar refractivity (Wildman–Crippen MR) is 250 cm³/mol. The predicted octanol–water partition coefficient (Wildman–Crippen LogP) is 8.84. The summed E-state index contributed by atoms with van der Waals surface area (Å²) in [4.78, 5) is 69.7. The smallest absolute Gasteiger partial charge is 0.338 e. The molecule has 0 unspecified atom stereocenters. The molecule has 0 bridgehead atoms. The number of nitrogens with zero attached hydrogens (tertiary/aromatic N) is 1. The number of anilines is 1. The Kier molecular flexibility index (Phi) is 15.2. The van der Waals surface area contributed by atoms with Crippen LogP contribution in [0, 0.1) is 0 Å². The maximum atomic E-state index is 14.2. The number of ether oxygens (including phenoxy) is 7. The highest BCUT2D eigenvalue weighted by molar-refractivity contribution is 5.91. The van der Waals surface area contributed by atoms with Crippen LogP contribution in [0.2, 0.25) is 0 Å². The van der Waals surface area contributed by atoms with E-state index in [1.807, 2.05) is 24.3 Å². The van der Waals surface area contributed by atoms with Crippen molar-refractivity contribution >= 4 is 35.5 Å². The van der Waals surface area contributed by atoms with Crippen molar-refractivity contribution in [1.82, 2.24) is 0 Å². The van der Waals surface area contributed by atoms with Gasteiger partial charge in [0.1, 0.15) is 24.1 Å². The van der Waals surface area contributed by atoms with Crippen molar-refractivity contribution in [3.05, 3.63) is 203 Å². The molecular weight excluding hydrogens is 867 g/mol. The number of piperidine rings is 1. The van der Waals surface area contributed by atoms with E-state index in [0.717, 1.165) is 42.7 Å². The van der Waals surface area contributed by atoms with Crippen LogP contribution in [0.4, 0.5) is 5.69 Å². The Balaban J connectivity index is 1.15. The molecule has 0 N–H and O–H groups in total. The van der Waals surface area contributed by atoms with Gasteiger partial charge in [0, 0.05) is 45.0 Å². The zero-order chi connectivity index (χ0) is 47.4. The van der Waals surface area contributed by atoms with Crippen molar-refractivity contribution < 1.29 is 57.1 Å². The summed E-state index contributed by atoms with van der Waals surface area (Å²) in [5.41, 5.74) is 3.55. The third-order valence-electron chi connectivity index (χ3n) is 11.7. The molecule has 2 fully saturated rings. The van der Waals surface area contributed by atoms with Gasteiger partial charge in [-0.15, -0.1) is 0 Å². The minimum Gasteiger partial charge on any atom is -0.462 e. The average Bonchev–Trinajstić information content (AvgIpc) is 3.37. The topological polar surface area (TPSA) is 153 Å². The van der Waals surface area contributed by atoms with Gasteiger partial charge in [0.15, 0.2) is 12.2 Å². The molecule has 0 radical (unpaired) electrons. The molecule has 2 saturated heterocycles. The molecular formula is C55H51NO12. The Hall–Kier alpha value is -7.77. The minimum absolute atomic E-state index is 0.0849. The Labute approximate surface area is 394 Å². The lowest BCUT2D eigenvalue weighted by Gasteiger charge is -2.45. The molecule has 13 nitrogen and oxygen atoms in total. The van der Waals surface area contributed by atoms with E-state index >= 15 is 0 Å². The number of esters is 5. The molecule has 8 rings (SSSR count). The van der Waals surface area contributed by atoms with Crippen molar-refractivity contribution in [2.75, 3.05) is 18.0 Å². The van der Waals surface area contributed by atoms with Crippen LogP contribution in [-0.2, 0) is 39.6 Å². The zero-order valence-corrected chi connectivity index (χ0v) is 37.6. The highest BCUT2D eigenvalue weighted by Crippen LogP contribution is 2.36. The largest absolute Gasteiger partial charge is 0.462 e. The van der Waals surface area contributed by atoms with Gasteiger partial charge in [0.2, 0.25) is 12.4 Å². The van der Waals surface area contributed by atoms with Crippen molar-refractivity contribution in [2.45, 2.75) is 76.0 Å². The lowest BCUT2D eigenvalue weighted by Crippen LogP contribution is -2.65. The fourth-order valence-electron chi connectivity index (χ4n) is 8.28. The van der Waals surface area contributed by atoms with Gasteiger partial charge in [-0.25, -0.2) is 19.2 Å². The summed E-state index contributed by atoms with van der Waals surface area (Å²) in [6.45, 7) is 4.51. The second-order valence-electron chi connectivity index (χ2n) is 16.5. The van der Waals surface area contributed by atoms with Crippen LogP contribution in [-0.4, -0.2) is 85.8 Å². The highest BCUT2D eigenvalue weighted by Gasteiger charge is 2.56. The van der Waals surface area contributed by atoms with E-state index in [4.69, 9.17) is 33.2 Å². The first-order chi connectivity index (χ1) is 33.1. The summed E-state index contributed by atoms with van der Waals surface area (Å²) in [5.74, 6) is -3.02. The van der Waals surface area contributed by atoms with E-state index < -0.39 is 60.7 Å². The fraction of sp³-hybridized carbons (Fsp3) is 0.255. The molecule has 0 amide bonds. The number of rotatable bonds is 15. The van der Waals surface area contributed by atoms with E-state index in [1.165, 1.54) is 6.92 Å².